The Morgan fingerprint density at radius 1 is 1.11 bits per heavy atom. The molecule has 0 bridgehead atoms. The van der Waals surface area contributed by atoms with E-state index in [0.29, 0.717) is 11.5 Å². The largest absolute Gasteiger partial charge is 0.206 e. The van der Waals surface area contributed by atoms with E-state index in [4.69, 9.17) is 6.42 Å². The van der Waals surface area contributed by atoms with Crippen molar-refractivity contribution in [2.75, 3.05) is 0 Å². The van der Waals surface area contributed by atoms with Gasteiger partial charge in [-0.1, -0.05) is 57.9 Å². The van der Waals surface area contributed by atoms with E-state index in [1.54, 1.807) is 6.07 Å². The normalized spacial score (nSPS) is 9.83. The summed E-state index contributed by atoms with van der Waals surface area (Å²) in [6, 6.07) is 9.16. The molecule has 0 spiro atoms. The summed E-state index contributed by atoms with van der Waals surface area (Å²) in [4.78, 5) is 0. The lowest BCUT2D eigenvalue weighted by atomic mass is 9.93. The molecule has 1 heteroatoms. The average Bonchev–Trinajstić information content (AvgIpc) is 2.40. The molecule has 0 amide bonds. The summed E-state index contributed by atoms with van der Waals surface area (Å²) in [5.41, 5.74) is 1.48. The van der Waals surface area contributed by atoms with Crippen molar-refractivity contribution in [1.82, 2.24) is 0 Å². The molecule has 0 aliphatic heterocycles. The van der Waals surface area contributed by atoms with Crippen molar-refractivity contribution < 1.29 is 4.39 Å². The third-order valence-corrected chi connectivity index (χ3v) is 2.79. The van der Waals surface area contributed by atoms with Crippen LogP contribution in [-0.4, -0.2) is 0 Å². The molecule has 18 heavy (non-hydrogen) atoms. The minimum Gasteiger partial charge on any atom is -0.206 e. The van der Waals surface area contributed by atoms with E-state index in [0.717, 1.165) is 16.3 Å². The van der Waals surface area contributed by atoms with Gasteiger partial charge in [0, 0.05) is 5.39 Å². The van der Waals surface area contributed by atoms with Gasteiger partial charge in [0.1, 0.15) is 5.82 Å². The maximum absolute atomic E-state index is 13.6. The Kier molecular flexibility index (Phi) is 4.92. The van der Waals surface area contributed by atoms with Gasteiger partial charge in [-0.3, -0.25) is 0 Å². The van der Waals surface area contributed by atoms with Gasteiger partial charge >= 0.3 is 0 Å². The Labute approximate surface area is 109 Å². The van der Waals surface area contributed by atoms with Crippen LogP contribution in [-0.2, 0) is 0 Å². The topological polar surface area (TPSA) is 0 Å². The van der Waals surface area contributed by atoms with E-state index in [1.807, 2.05) is 32.0 Å². The summed E-state index contributed by atoms with van der Waals surface area (Å²) in [6.45, 7) is 8.17. The summed E-state index contributed by atoms with van der Waals surface area (Å²) in [7, 11) is 0. The fourth-order valence-corrected chi connectivity index (χ4v) is 2.00. The van der Waals surface area contributed by atoms with Gasteiger partial charge in [0.2, 0.25) is 0 Å². The van der Waals surface area contributed by atoms with Gasteiger partial charge in [-0.2, -0.15) is 0 Å². The van der Waals surface area contributed by atoms with Crippen LogP contribution >= 0.6 is 0 Å². The van der Waals surface area contributed by atoms with Gasteiger partial charge in [-0.25, -0.2) is 4.39 Å². The highest BCUT2D eigenvalue weighted by atomic mass is 19.1. The molecule has 0 saturated carbocycles. The van der Waals surface area contributed by atoms with Gasteiger partial charge < -0.3 is 0 Å². The molecule has 0 N–H and O–H groups in total. The fraction of sp³-hybridized carbons (Fsp3) is 0.294. The minimum atomic E-state index is -0.317. The zero-order valence-electron chi connectivity index (χ0n) is 11.4. The maximum Gasteiger partial charge on any atom is 0.139 e. The van der Waals surface area contributed by atoms with Crippen LogP contribution in [0.15, 0.2) is 30.3 Å². The molecule has 0 radical (unpaired) electrons. The highest BCUT2D eigenvalue weighted by Gasteiger charge is 2.11. The van der Waals surface area contributed by atoms with Crippen LogP contribution in [0.1, 0.15) is 44.7 Å². The Morgan fingerprint density at radius 2 is 1.78 bits per heavy atom. The maximum atomic E-state index is 13.6. The number of benzene rings is 2. The molecule has 0 nitrogen and oxygen atoms in total. The van der Waals surface area contributed by atoms with E-state index in [9.17, 15) is 4.39 Å². The molecule has 2 aromatic carbocycles. The number of halogens is 1. The van der Waals surface area contributed by atoms with Crippen molar-refractivity contribution in [1.29, 1.82) is 0 Å². The van der Waals surface area contributed by atoms with Gasteiger partial charge in [0.05, 0.1) is 5.56 Å². The second-order valence-electron chi connectivity index (χ2n) is 4.17. The molecule has 2 aromatic rings. The van der Waals surface area contributed by atoms with Gasteiger partial charge in [-0.15, -0.1) is 6.42 Å². The van der Waals surface area contributed by atoms with E-state index in [-0.39, 0.29) is 5.82 Å². The first-order valence-corrected chi connectivity index (χ1v) is 6.33. The first kappa shape index (κ1) is 14.3. The Morgan fingerprint density at radius 3 is 2.33 bits per heavy atom. The Bertz CT molecular complexity index is 574. The summed E-state index contributed by atoms with van der Waals surface area (Å²) in [5, 5.41) is 1.88. The molecule has 0 aliphatic rings. The number of hydrogen-bond donors (Lipinski definition) is 0. The summed E-state index contributed by atoms with van der Waals surface area (Å²) >= 11 is 0. The second-order valence-corrected chi connectivity index (χ2v) is 4.17. The van der Waals surface area contributed by atoms with E-state index in [1.165, 1.54) is 6.07 Å². The first-order chi connectivity index (χ1) is 8.65. The van der Waals surface area contributed by atoms with Crippen LogP contribution < -0.4 is 0 Å². The van der Waals surface area contributed by atoms with E-state index >= 15 is 0 Å². The van der Waals surface area contributed by atoms with E-state index in [2.05, 4.69) is 19.8 Å². The Balaban J connectivity index is 0.000000771. The number of rotatable bonds is 1. The van der Waals surface area contributed by atoms with Crippen molar-refractivity contribution in [2.45, 2.75) is 33.6 Å². The molecule has 0 unspecified atom stereocenters. The fourth-order valence-electron chi connectivity index (χ4n) is 2.00. The Hall–Kier alpha value is -1.81. The van der Waals surface area contributed by atoms with Crippen molar-refractivity contribution in [3.63, 3.8) is 0 Å². The molecule has 0 aliphatic carbocycles. The average molecular weight is 242 g/mol. The van der Waals surface area contributed by atoms with Crippen molar-refractivity contribution >= 4 is 10.8 Å². The lowest BCUT2D eigenvalue weighted by molar-refractivity contribution is 0.626. The number of fused-ring (bicyclic) bond motifs is 1. The SMILES string of the molecule is C#Cc1c(F)ccc2cccc(C(C)C)c12.CC. The quantitative estimate of drug-likeness (QED) is 0.609. The van der Waals surface area contributed by atoms with Gasteiger partial charge in [0.15, 0.2) is 0 Å². The summed E-state index contributed by atoms with van der Waals surface area (Å²) in [6.07, 6.45) is 5.40. The molecule has 0 atom stereocenters. The van der Waals surface area contributed by atoms with Crippen LogP contribution in [0.3, 0.4) is 0 Å². The predicted molar refractivity (Wildman–Crippen MR) is 77.3 cm³/mol. The lowest BCUT2D eigenvalue weighted by Gasteiger charge is -2.12. The molecule has 94 valence electrons. The summed E-state index contributed by atoms with van der Waals surface area (Å²) in [5.74, 6) is 2.47. The molecule has 0 fully saturated rings. The molecule has 0 heterocycles. The third kappa shape index (κ3) is 2.54. The highest BCUT2D eigenvalue weighted by Crippen LogP contribution is 2.29. The van der Waals surface area contributed by atoms with Crippen LogP contribution in [0.25, 0.3) is 10.8 Å². The van der Waals surface area contributed by atoms with Crippen LogP contribution in [0, 0.1) is 18.2 Å². The van der Waals surface area contributed by atoms with Gasteiger partial charge in [0.25, 0.3) is 0 Å². The predicted octanol–water partition coefficient (Wildman–Crippen LogP) is 5.11. The highest BCUT2D eigenvalue weighted by molar-refractivity contribution is 5.91. The van der Waals surface area contributed by atoms with Gasteiger partial charge in [-0.05, 0) is 22.9 Å². The lowest BCUT2D eigenvalue weighted by Crippen LogP contribution is -1.94. The zero-order valence-corrected chi connectivity index (χ0v) is 11.4. The van der Waals surface area contributed by atoms with Crippen molar-refractivity contribution in [3.8, 4) is 12.3 Å². The first-order valence-electron chi connectivity index (χ1n) is 6.33. The van der Waals surface area contributed by atoms with Crippen LogP contribution in [0.2, 0.25) is 0 Å². The van der Waals surface area contributed by atoms with Crippen molar-refractivity contribution in [3.05, 3.63) is 47.3 Å². The minimum absolute atomic E-state index is 0.317. The molecular formula is C17H19F. The number of hydrogen-bond acceptors (Lipinski definition) is 0. The van der Waals surface area contributed by atoms with Crippen molar-refractivity contribution in [2.24, 2.45) is 0 Å². The van der Waals surface area contributed by atoms with Crippen LogP contribution in [0.4, 0.5) is 4.39 Å². The van der Waals surface area contributed by atoms with Crippen LogP contribution in [0.5, 0.6) is 0 Å². The monoisotopic (exact) mass is 242 g/mol. The molecule has 0 aromatic heterocycles. The molecule has 0 saturated heterocycles. The third-order valence-electron chi connectivity index (χ3n) is 2.79. The zero-order chi connectivity index (χ0) is 13.7. The number of terminal acetylenes is 1. The smallest absolute Gasteiger partial charge is 0.139 e. The van der Waals surface area contributed by atoms with E-state index < -0.39 is 0 Å². The molecular weight excluding hydrogens is 223 g/mol. The molecule has 2 rings (SSSR count). The second kappa shape index (κ2) is 6.21. The summed E-state index contributed by atoms with van der Waals surface area (Å²) < 4.78 is 13.6. The standard InChI is InChI=1S/C15H13F.C2H6/c1-4-12-14(16)9-8-11-6-5-7-13(10(2)3)15(11)12;1-2/h1,5-10H,2-3H3;1-2H3.